The van der Waals surface area contributed by atoms with E-state index in [1.807, 2.05) is 17.5 Å². The molecule has 2 bridgehead atoms. The maximum Gasteiger partial charge on any atom is 0.437 e. The summed E-state index contributed by atoms with van der Waals surface area (Å²) in [6, 6.07) is 3.86. The Hall–Kier alpha value is -1.89. The van der Waals surface area contributed by atoms with Crippen LogP contribution in [0.4, 0.5) is 0 Å². The molecule has 0 aliphatic heterocycles. The quantitative estimate of drug-likeness (QED) is 0.908. The third-order valence-corrected chi connectivity index (χ3v) is 7.62. The zero-order chi connectivity index (χ0) is 17.8. The zero-order valence-corrected chi connectivity index (χ0v) is 15.6. The second-order valence-electron chi connectivity index (χ2n) is 8.04. The van der Waals surface area contributed by atoms with E-state index >= 15 is 0 Å². The number of nitrogens with one attached hydrogen (secondary N) is 1. The molecule has 2 aliphatic carbocycles. The van der Waals surface area contributed by atoms with Crippen LogP contribution in [0.5, 0.6) is 0 Å². The molecule has 0 spiro atoms. The molecule has 7 heteroatoms. The van der Waals surface area contributed by atoms with Gasteiger partial charge in [-0.3, -0.25) is 4.79 Å². The lowest BCUT2D eigenvalue weighted by Crippen LogP contribution is -2.48. The van der Waals surface area contributed by atoms with Gasteiger partial charge in [-0.05, 0) is 47.5 Å². The smallest absolute Gasteiger partial charge is 0.387 e. The van der Waals surface area contributed by atoms with Gasteiger partial charge in [0.05, 0.1) is 4.88 Å². The summed E-state index contributed by atoms with van der Waals surface area (Å²) in [7, 11) is 0. The van der Waals surface area contributed by atoms with Crippen LogP contribution >= 0.6 is 11.3 Å². The van der Waals surface area contributed by atoms with Crippen molar-refractivity contribution in [2.75, 3.05) is 0 Å². The van der Waals surface area contributed by atoms with E-state index in [9.17, 15) is 9.59 Å². The average Bonchev–Trinajstić information content (AvgIpc) is 3.26. The number of hydrogen-bond acceptors (Lipinski definition) is 5. The fraction of sp³-hybridized carbons (Fsp3) is 0.611. The maximum absolute atomic E-state index is 12.5. The van der Waals surface area contributed by atoms with Crippen molar-refractivity contribution in [2.24, 2.45) is 16.7 Å². The molecule has 2 aromatic heterocycles. The molecule has 4 rings (SSSR count). The fourth-order valence-corrected chi connectivity index (χ4v) is 5.35. The molecule has 3 unspecified atom stereocenters. The summed E-state index contributed by atoms with van der Waals surface area (Å²) in [4.78, 5) is 25.2. The van der Waals surface area contributed by atoms with Crippen LogP contribution in [0.1, 0.15) is 40.0 Å². The summed E-state index contributed by atoms with van der Waals surface area (Å²) in [5, 5.41) is 9.18. The predicted molar refractivity (Wildman–Crippen MR) is 95.2 cm³/mol. The van der Waals surface area contributed by atoms with Gasteiger partial charge in [0.2, 0.25) is 5.91 Å². The largest absolute Gasteiger partial charge is 0.437 e. The van der Waals surface area contributed by atoms with Crippen molar-refractivity contribution in [2.45, 2.75) is 52.6 Å². The molecule has 1 N–H and O–H groups in total. The van der Waals surface area contributed by atoms with Gasteiger partial charge in [0, 0.05) is 6.04 Å². The third kappa shape index (κ3) is 2.47. The van der Waals surface area contributed by atoms with Crippen molar-refractivity contribution in [3.8, 4) is 10.8 Å². The number of fused-ring (bicyclic) bond motifs is 2. The van der Waals surface area contributed by atoms with Crippen LogP contribution in [-0.4, -0.2) is 21.7 Å². The number of aromatic nitrogens is 2. The topological polar surface area (TPSA) is 77.1 Å². The minimum atomic E-state index is -0.599. The minimum absolute atomic E-state index is 0.106. The first-order valence-electron chi connectivity index (χ1n) is 8.72. The molecule has 1 amide bonds. The molecule has 2 aliphatic rings. The van der Waals surface area contributed by atoms with Crippen LogP contribution in [0, 0.1) is 16.7 Å². The number of hydrogen-bond donors (Lipinski definition) is 1. The molecule has 2 aromatic rings. The van der Waals surface area contributed by atoms with Crippen molar-refractivity contribution in [1.29, 1.82) is 0 Å². The van der Waals surface area contributed by atoms with Crippen molar-refractivity contribution in [3.63, 3.8) is 0 Å². The van der Waals surface area contributed by atoms with E-state index < -0.39 is 5.76 Å². The van der Waals surface area contributed by atoms with Gasteiger partial charge in [-0.1, -0.05) is 26.8 Å². The van der Waals surface area contributed by atoms with Gasteiger partial charge in [-0.2, -0.15) is 4.68 Å². The lowest BCUT2D eigenvalue weighted by Gasteiger charge is -2.39. The Morgan fingerprint density at radius 1 is 1.48 bits per heavy atom. The van der Waals surface area contributed by atoms with E-state index in [1.54, 1.807) is 0 Å². The lowest BCUT2D eigenvalue weighted by molar-refractivity contribution is -0.123. The molecule has 0 saturated heterocycles. The summed E-state index contributed by atoms with van der Waals surface area (Å²) >= 11 is 1.44. The van der Waals surface area contributed by atoms with Gasteiger partial charge in [0.15, 0.2) is 0 Å². The van der Waals surface area contributed by atoms with Crippen molar-refractivity contribution < 1.29 is 9.21 Å². The van der Waals surface area contributed by atoms with Gasteiger partial charge in [0.1, 0.15) is 6.54 Å². The molecular weight excluding hydrogens is 338 g/mol. The highest BCUT2D eigenvalue weighted by atomic mass is 32.1. The Balaban J connectivity index is 1.46. The van der Waals surface area contributed by atoms with E-state index in [2.05, 4.69) is 31.2 Å². The van der Waals surface area contributed by atoms with Crippen LogP contribution in [-0.2, 0) is 11.3 Å². The van der Waals surface area contributed by atoms with Crippen LogP contribution in [0.15, 0.2) is 26.7 Å². The summed E-state index contributed by atoms with van der Waals surface area (Å²) < 4.78 is 6.26. The average molecular weight is 361 g/mol. The van der Waals surface area contributed by atoms with Crippen molar-refractivity contribution in [3.05, 3.63) is 28.1 Å². The number of nitrogens with zero attached hydrogens (tertiary/aromatic N) is 2. The Labute approximate surface area is 150 Å². The zero-order valence-electron chi connectivity index (χ0n) is 14.7. The van der Waals surface area contributed by atoms with Gasteiger partial charge in [0.25, 0.3) is 5.89 Å². The molecule has 2 fully saturated rings. The first kappa shape index (κ1) is 16.6. The van der Waals surface area contributed by atoms with Crippen LogP contribution < -0.4 is 11.1 Å². The lowest BCUT2D eigenvalue weighted by atomic mass is 9.69. The van der Waals surface area contributed by atoms with Gasteiger partial charge >= 0.3 is 5.76 Å². The predicted octanol–water partition coefficient (Wildman–Crippen LogP) is 2.90. The first-order chi connectivity index (χ1) is 11.8. The van der Waals surface area contributed by atoms with Gasteiger partial charge < -0.3 is 9.73 Å². The number of carbonyl (C=O) groups is 1. The van der Waals surface area contributed by atoms with Crippen LogP contribution in [0.25, 0.3) is 10.8 Å². The first-order valence-corrected chi connectivity index (χ1v) is 9.60. The van der Waals surface area contributed by atoms with Crippen molar-refractivity contribution >= 4 is 17.2 Å². The summed E-state index contributed by atoms with van der Waals surface area (Å²) in [5.74, 6) is 0.143. The highest BCUT2D eigenvalue weighted by Gasteiger charge is 2.61. The maximum atomic E-state index is 12.5. The number of thiophene rings is 1. The molecular formula is C18H23N3O3S. The summed E-state index contributed by atoms with van der Waals surface area (Å²) in [6.07, 6.45) is 3.40. The van der Waals surface area contributed by atoms with Gasteiger partial charge in [-0.15, -0.1) is 16.4 Å². The molecule has 0 aromatic carbocycles. The molecule has 134 valence electrons. The Morgan fingerprint density at radius 2 is 2.28 bits per heavy atom. The van der Waals surface area contributed by atoms with Crippen LogP contribution in [0.3, 0.4) is 0 Å². The molecule has 6 nitrogen and oxygen atoms in total. The third-order valence-electron chi connectivity index (χ3n) is 6.76. The molecule has 25 heavy (non-hydrogen) atoms. The molecule has 0 radical (unpaired) electrons. The minimum Gasteiger partial charge on any atom is -0.387 e. The molecule has 3 atom stereocenters. The van der Waals surface area contributed by atoms with Crippen molar-refractivity contribution in [1.82, 2.24) is 15.1 Å². The Kier molecular flexibility index (Phi) is 3.68. The highest BCUT2D eigenvalue weighted by Crippen LogP contribution is 2.65. The number of carbonyl (C=O) groups excluding carboxylic acids is 1. The number of amides is 1. The van der Waals surface area contributed by atoms with E-state index in [1.165, 1.54) is 17.8 Å². The second-order valence-corrected chi connectivity index (χ2v) is 8.99. The highest BCUT2D eigenvalue weighted by molar-refractivity contribution is 7.13. The Morgan fingerprint density at radius 3 is 2.88 bits per heavy atom. The monoisotopic (exact) mass is 361 g/mol. The second kappa shape index (κ2) is 5.56. The standard InChI is InChI=1S/C18H23N3O3S/c1-17(2)11-6-7-18(17,3)13(9-11)19-14(22)10-21-16(23)24-15(20-21)12-5-4-8-25-12/h4-5,8,11,13H,6-7,9-10H2,1-3H3,(H,19,22). The van der Waals surface area contributed by atoms with E-state index in [4.69, 9.17) is 4.42 Å². The van der Waals surface area contributed by atoms with Crippen LogP contribution in [0.2, 0.25) is 0 Å². The molecule has 2 heterocycles. The molecule has 2 saturated carbocycles. The van der Waals surface area contributed by atoms with Gasteiger partial charge in [-0.25, -0.2) is 4.79 Å². The van der Waals surface area contributed by atoms with E-state index in [0.717, 1.165) is 22.4 Å². The SMILES string of the molecule is CC1(C)C2CCC1(C)C(NC(=O)Cn1nc(-c3cccs3)oc1=O)C2. The summed E-state index contributed by atoms with van der Waals surface area (Å²) in [6.45, 7) is 6.80. The number of rotatable bonds is 4. The Bertz CT molecular complexity index is 851. The summed E-state index contributed by atoms with van der Waals surface area (Å²) in [5.41, 5.74) is 0.353. The normalized spacial score (nSPS) is 29.9. The van der Waals surface area contributed by atoms with E-state index in [-0.39, 0.29) is 35.2 Å². The van der Waals surface area contributed by atoms with E-state index in [0.29, 0.717) is 5.92 Å². The fourth-order valence-electron chi connectivity index (χ4n) is 4.70.